The second-order valence-electron chi connectivity index (χ2n) is 3.96. The lowest BCUT2D eigenvalue weighted by Gasteiger charge is -2.09. The number of para-hydroxylation sites is 2. The molecule has 3 nitrogen and oxygen atoms in total. The molecule has 0 aliphatic carbocycles. The van der Waals surface area contributed by atoms with E-state index >= 15 is 0 Å². The average Bonchev–Trinajstić information content (AvgIpc) is 2.42. The minimum atomic E-state index is -0.316. The highest BCUT2D eigenvalue weighted by Gasteiger charge is 2.08. The maximum Gasteiger partial charge on any atom is 0.146 e. The van der Waals surface area contributed by atoms with Gasteiger partial charge in [0, 0.05) is 9.86 Å². The van der Waals surface area contributed by atoms with Crippen LogP contribution in [0.3, 0.4) is 0 Å². The highest BCUT2D eigenvalue weighted by atomic mass is 79.9. The SMILES string of the molecule is Fc1ccccc1Nc1ncnc2c(Br)cccc12. The number of anilines is 2. The number of rotatable bonds is 2. The van der Waals surface area contributed by atoms with Crippen molar-refractivity contribution >= 4 is 38.3 Å². The second-order valence-corrected chi connectivity index (χ2v) is 4.82. The largest absolute Gasteiger partial charge is 0.337 e. The first-order chi connectivity index (χ1) is 9.25. The van der Waals surface area contributed by atoms with Crippen LogP contribution in [0, 0.1) is 5.82 Å². The molecule has 0 spiro atoms. The molecule has 2 aromatic carbocycles. The van der Waals surface area contributed by atoms with E-state index in [9.17, 15) is 4.39 Å². The quantitative estimate of drug-likeness (QED) is 0.766. The van der Waals surface area contributed by atoms with Gasteiger partial charge in [-0.3, -0.25) is 0 Å². The Hall–Kier alpha value is -2.01. The number of nitrogens with zero attached hydrogens (tertiary/aromatic N) is 2. The molecular weight excluding hydrogens is 309 g/mol. The fourth-order valence-electron chi connectivity index (χ4n) is 1.84. The predicted octanol–water partition coefficient (Wildman–Crippen LogP) is 4.28. The Balaban J connectivity index is 2.12. The topological polar surface area (TPSA) is 37.8 Å². The van der Waals surface area contributed by atoms with Crippen LogP contribution in [0.1, 0.15) is 0 Å². The van der Waals surface area contributed by atoms with Crippen LogP contribution in [0.2, 0.25) is 0 Å². The molecule has 5 heteroatoms. The molecule has 0 amide bonds. The van der Waals surface area contributed by atoms with Gasteiger partial charge in [0.05, 0.1) is 11.2 Å². The molecule has 1 N–H and O–H groups in total. The molecule has 1 aromatic heterocycles. The lowest BCUT2D eigenvalue weighted by atomic mass is 10.2. The summed E-state index contributed by atoms with van der Waals surface area (Å²) >= 11 is 3.44. The zero-order valence-electron chi connectivity index (χ0n) is 9.77. The van der Waals surface area contributed by atoms with E-state index in [2.05, 4.69) is 31.2 Å². The number of aromatic nitrogens is 2. The summed E-state index contributed by atoms with van der Waals surface area (Å²) < 4.78 is 14.5. The molecule has 0 unspecified atom stereocenters. The first-order valence-electron chi connectivity index (χ1n) is 5.66. The van der Waals surface area contributed by atoms with E-state index in [4.69, 9.17) is 0 Å². The highest BCUT2D eigenvalue weighted by Crippen LogP contribution is 2.28. The van der Waals surface area contributed by atoms with Crippen LogP contribution in [0.4, 0.5) is 15.9 Å². The molecule has 19 heavy (non-hydrogen) atoms. The van der Waals surface area contributed by atoms with Crippen molar-refractivity contribution in [3.05, 3.63) is 59.1 Å². The molecule has 0 saturated heterocycles. The minimum Gasteiger partial charge on any atom is -0.337 e. The van der Waals surface area contributed by atoms with Gasteiger partial charge >= 0.3 is 0 Å². The third kappa shape index (κ3) is 2.29. The van der Waals surface area contributed by atoms with E-state index in [-0.39, 0.29) is 5.82 Å². The Bertz CT molecular complexity index is 746. The first-order valence-corrected chi connectivity index (χ1v) is 6.46. The van der Waals surface area contributed by atoms with Gasteiger partial charge in [0.15, 0.2) is 0 Å². The lowest BCUT2D eigenvalue weighted by molar-refractivity contribution is 0.632. The van der Waals surface area contributed by atoms with Gasteiger partial charge in [-0.05, 0) is 40.2 Å². The Labute approximate surface area is 117 Å². The normalized spacial score (nSPS) is 10.6. The molecule has 0 radical (unpaired) electrons. The summed E-state index contributed by atoms with van der Waals surface area (Å²) in [6.07, 6.45) is 1.45. The Morgan fingerprint density at radius 2 is 1.84 bits per heavy atom. The number of hydrogen-bond donors (Lipinski definition) is 1. The van der Waals surface area contributed by atoms with Crippen LogP contribution in [-0.2, 0) is 0 Å². The van der Waals surface area contributed by atoms with Crippen LogP contribution in [0.5, 0.6) is 0 Å². The van der Waals surface area contributed by atoms with Crippen molar-refractivity contribution < 1.29 is 4.39 Å². The summed E-state index contributed by atoms with van der Waals surface area (Å²) in [7, 11) is 0. The molecule has 94 valence electrons. The van der Waals surface area contributed by atoms with E-state index in [1.54, 1.807) is 18.2 Å². The molecule has 0 bridgehead atoms. The molecule has 0 fully saturated rings. The molecule has 0 aliphatic rings. The number of fused-ring (bicyclic) bond motifs is 1. The van der Waals surface area contributed by atoms with Crippen LogP contribution >= 0.6 is 15.9 Å². The van der Waals surface area contributed by atoms with E-state index < -0.39 is 0 Å². The van der Waals surface area contributed by atoms with Gasteiger partial charge in [0.1, 0.15) is 18.0 Å². The number of benzene rings is 2. The van der Waals surface area contributed by atoms with Gasteiger partial charge in [-0.2, -0.15) is 0 Å². The molecule has 3 rings (SSSR count). The van der Waals surface area contributed by atoms with Crippen LogP contribution < -0.4 is 5.32 Å². The van der Waals surface area contributed by atoms with Crippen molar-refractivity contribution in [2.75, 3.05) is 5.32 Å². The second kappa shape index (κ2) is 4.93. The van der Waals surface area contributed by atoms with Crippen molar-refractivity contribution in [2.24, 2.45) is 0 Å². The van der Waals surface area contributed by atoms with Crippen molar-refractivity contribution in [2.45, 2.75) is 0 Å². The lowest BCUT2D eigenvalue weighted by Crippen LogP contribution is -1.98. The van der Waals surface area contributed by atoms with Gasteiger partial charge in [-0.25, -0.2) is 14.4 Å². The van der Waals surface area contributed by atoms with Crippen molar-refractivity contribution in [1.82, 2.24) is 9.97 Å². The monoisotopic (exact) mass is 317 g/mol. The fraction of sp³-hybridized carbons (Fsp3) is 0. The average molecular weight is 318 g/mol. The smallest absolute Gasteiger partial charge is 0.146 e. The Kier molecular flexibility index (Phi) is 3.13. The maximum atomic E-state index is 13.6. The zero-order valence-corrected chi connectivity index (χ0v) is 11.4. The van der Waals surface area contributed by atoms with E-state index in [0.717, 1.165) is 15.4 Å². The molecule has 0 aliphatic heterocycles. The molecule has 0 saturated carbocycles. The maximum absolute atomic E-state index is 13.6. The fourth-order valence-corrected chi connectivity index (χ4v) is 2.31. The first kappa shape index (κ1) is 12.0. The zero-order chi connectivity index (χ0) is 13.2. The Morgan fingerprint density at radius 3 is 2.68 bits per heavy atom. The van der Waals surface area contributed by atoms with E-state index in [1.807, 2.05) is 18.2 Å². The molecule has 3 aromatic rings. The van der Waals surface area contributed by atoms with Crippen molar-refractivity contribution in [3.63, 3.8) is 0 Å². The molecular formula is C14H9BrFN3. The van der Waals surface area contributed by atoms with Crippen molar-refractivity contribution in [3.8, 4) is 0 Å². The predicted molar refractivity (Wildman–Crippen MR) is 76.9 cm³/mol. The van der Waals surface area contributed by atoms with Gasteiger partial charge in [-0.15, -0.1) is 0 Å². The number of nitrogens with one attached hydrogen (secondary N) is 1. The van der Waals surface area contributed by atoms with Crippen molar-refractivity contribution in [1.29, 1.82) is 0 Å². The third-order valence-electron chi connectivity index (χ3n) is 2.74. The number of hydrogen-bond acceptors (Lipinski definition) is 3. The standard InChI is InChI=1S/C14H9BrFN3/c15-10-5-3-4-9-13(10)17-8-18-14(9)19-12-7-2-1-6-11(12)16/h1-8H,(H,17,18,19). The molecule has 0 atom stereocenters. The van der Waals surface area contributed by atoms with Crippen LogP contribution in [-0.4, -0.2) is 9.97 Å². The van der Waals surface area contributed by atoms with E-state index in [1.165, 1.54) is 12.4 Å². The van der Waals surface area contributed by atoms with Gasteiger partial charge in [0.25, 0.3) is 0 Å². The summed E-state index contributed by atoms with van der Waals surface area (Å²) in [6.45, 7) is 0. The number of halogens is 2. The Morgan fingerprint density at radius 1 is 1.00 bits per heavy atom. The minimum absolute atomic E-state index is 0.316. The van der Waals surface area contributed by atoms with Gasteiger partial charge < -0.3 is 5.32 Å². The van der Waals surface area contributed by atoms with Gasteiger partial charge in [-0.1, -0.05) is 18.2 Å². The summed E-state index contributed by atoms with van der Waals surface area (Å²) in [5.74, 6) is 0.264. The van der Waals surface area contributed by atoms with Crippen LogP contribution in [0.25, 0.3) is 10.9 Å². The van der Waals surface area contributed by atoms with Gasteiger partial charge in [0.2, 0.25) is 0 Å². The molecule has 1 heterocycles. The van der Waals surface area contributed by atoms with Crippen LogP contribution in [0.15, 0.2) is 53.3 Å². The highest BCUT2D eigenvalue weighted by molar-refractivity contribution is 9.10. The summed E-state index contributed by atoms with van der Waals surface area (Å²) in [5.41, 5.74) is 1.18. The summed E-state index contributed by atoms with van der Waals surface area (Å²) in [5, 5.41) is 3.83. The van der Waals surface area contributed by atoms with E-state index in [0.29, 0.717) is 11.5 Å². The summed E-state index contributed by atoms with van der Waals surface area (Å²) in [4.78, 5) is 8.39. The third-order valence-corrected chi connectivity index (χ3v) is 3.38. The summed E-state index contributed by atoms with van der Waals surface area (Å²) in [6, 6.07) is 12.2.